The highest BCUT2D eigenvalue weighted by Crippen LogP contribution is 2.41. The Morgan fingerprint density at radius 1 is 1.18 bits per heavy atom. The Labute approximate surface area is 194 Å². The van der Waals surface area contributed by atoms with Crippen molar-refractivity contribution in [1.82, 2.24) is 30.1 Å². The number of H-pyrrole nitrogens is 1. The third-order valence-corrected chi connectivity index (χ3v) is 7.09. The van der Waals surface area contributed by atoms with E-state index in [1.54, 1.807) is 6.20 Å². The Kier molecular flexibility index (Phi) is 4.82. The fourth-order valence-electron chi connectivity index (χ4n) is 5.25. The summed E-state index contributed by atoms with van der Waals surface area (Å²) in [5.41, 5.74) is 10.2. The van der Waals surface area contributed by atoms with Gasteiger partial charge in [0, 0.05) is 23.7 Å². The van der Waals surface area contributed by atoms with E-state index in [1.165, 1.54) is 7.11 Å². The van der Waals surface area contributed by atoms with Crippen molar-refractivity contribution in [2.24, 2.45) is 5.73 Å². The highest BCUT2D eigenvalue weighted by molar-refractivity contribution is 6.38. The molecule has 2 aliphatic rings. The van der Waals surface area contributed by atoms with Gasteiger partial charge in [0.25, 0.3) is 0 Å². The first-order chi connectivity index (χ1) is 16.1. The summed E-state index contributed by atoms with van der Waals surface area (Å²) in [6.45, 7) is -0.223. The van der Waals surface area contributed by atoms with Crippen LogP contribution in [0.3, 0.4) is 0 Å². The summed E-state index contributed by atoms with van der Waals surface area (Å²) in [4.78, 5) is 20.7. The van der Waals surface area contributed by atoms with Gasteiger partial charge in [-0.15, -0.1) is 0 Å². The standard InChI is InChI=1S/C22H23ClN8O2/c1-33-16-8-25-14-5-4-13(17(23)19(14)27-16)18-20-21(30-29-18)28-22(15(9-32)26-20)31-11-2-3-12(31)7-10(24)6-11/h4-5,8,10-12,32H,2-3,6-7,9,24H2,1H3,(H,28,29,30). The molecule has 0 spiro atoms. The van der Waals surface area contributed by atoms with Crippen LogP contribution in [0.2, 0.25) is 5.02 Å². The van der Waals surface area contributed by atoms with E-state index in [0.29, 0.717) is 68.0 Å². The third kappa shape index (κ3) is 3.20. The molecule has 6 rings (SSSR count). The van der Waals surface area contributed by atoms with Gasteiger partial charge in [0.05, 0.1) is 36.1 Å². The van der Waals surface area contributed by atoms with Crippen molar-refractivity contribution in [3.05, 3.63) is 29.0 Å². The number of ether oxygens (including phenoxy) is 1. The number of nitrogens with one attached hydrogen (secondary N) is 1. The zero-order chi connectivity index (χ0) is 22.7. The second kappa shape index (κ2) is 7.75. The number of halogens is 1. The average molecular weight is 467 g/mol. The van der Waals surface area contributed by atoms with Crippen LogP contribution in [0.5, 0.6) is 5.88 Å². The van der Waals surface area contributed by atoms with Gasteiger partial charge < -0.3 is 20.5 Å². The lowest BCUT2D eigenvalue weighted by Crippen LogP contribution is -2.48. The van der Waals surface area contributed by atoms with E-state index in [-0.39, 0.29) is 12.6 Å². The second-order valence-corrected chi connectivity index (χ2v) is 9.03. The lowest BCUT2D eigenvalue weighted by molar-refractivity contribution is 0.276. The number of nitrogens with zero attached hydrogens (tertiary/aromatic N) is 6. The number of hydrogen-bond acceptors (Lipinski definition) is 9. The summed E-state index contributed by atoms with van der Waals surface area (Å²) in [7, 11) is 1.53. The Bertz CT molecular complexity index is 1360. The lowest BCUT2D eigenvalue weighted by Gasteiger charge is -2.39. The first-order valence-corrected chi connectivity index (χ1v) is 11.3. The smallest absolute Gasteiger partial charge is 0.232 e. The molecule has 4 aromatic rings. The summed E-state index contributed by atoms with van der Waals surface area (Å²) in [6.07, 6.45) is 5.54. The number of piperidine rings is 1. The SMILES string of the molecule is COc1cnc2ccc(-c3[nH]nc4nc(N5C6CCC5CC(N)C6)c(CO)nc34)c(Cl)c2n1. The minimum atomic E-state index is -0.223. The fourth-order valence-corrected chi connectivity index (χ4v) is 5.54. The minimum Gasteiger partial charge on any atom is -0.480 e. The Morgan fingerprint density at radius 2 is 1.97 bits per heavy atom. The molecule has 3 aromatic heterocycles. The summed E-state index contributed by atoms with van der Waals surface area (Å²) in [6, 6.07) is 4.52. The number of anilines is 1. The number of methoxy groups -OCH3 is 1. The number of aromatic amines is 1. The summed E-state index contributed by atoms with van der Waals surface area (Å²) in [5.74, 6) is 1.07. The van der Waals surface area contributed by atoms with E-state index in [2.05, 4.69) is 25.1 Å². The molecule has 10 nitrogen and oxygen atoms in total. The van der Waals surface area contributed by atoms with Crippen molar-refractivity contribution in [1.29, 1.82) is 0 Å². The second-order valence-electron chi connectivity index (χ2n) is 8.65. The van der Waals surface area contributed by atoms with E-state index in [9.17, 15) is 5.11 Å². The van der Waals surface area contributed by atoms with E-state index in [1.807, 2.05) is 12.1 Å². The van der Waals surface area contributed by atoms with Gasteiger partial charge in [0.15, 0.2) is 5.82 Å². The molecule has 2 fully saturated rings. The van der Waals surface area contributed by atoms with E-state index >= 15 is 0 Å². The van der Waals surface area contributed by atoms with Crippen LogP contribution in [0, 0.1) is 0 Å². The lowest BCUT2D eigenvalue weighted by atomic mass is 9.98. The Balaban J connectivity index is 1.48. The van der Waals surface area contributed by atoms with Crippen molar-refractivity contribution in [3.8, 4) is 17.1 Å². The Morgan fingerprint density at radius 3 is 2.70 bits per heavy atom. The molecule has 0 saturated carbocycles. The van der Waals surface area contributed by atoms with Gasteiger partial charge in [-0.1, -0.05) is 11.6 Å². The molecular weight excluding hydrogens is 444 g/mol. The monoisotopic (exact) mass is 466 g/mol. The van der Waals surface area contributed by atoms with E-state index in [4.69, 9.17) is 32.0 Å². The van der Waals surface area contributed by atoms with Crippen LogP contribution < -0.4 is 15.4 Å². The minimum absolute atomic E-state index is 0.210. The number of aliphatic hydroxyl groups excluding tert-OH is 1. The quantitative estimate of drug-likeness (QED) is 0.414. The molecule has 0 radical (unpaired) electrons. The van der Waals surface area contributed by atoms with Crippen LogP contribution in [0.1, 0.15) is 31.4 Å². The van der Waals surface area contributed by atoms with Gasteiger partial charge in [0.1, 0.15) is 16.7 Å². The molecule has 2 saturated heterocycles. The molecule has 2 bridgehead atoms. The molecule has 11 heteroatoms. The third-order valence-electron chi connectivity index (χ3n) is 6.71. The first-order valence-electron chi connectivity index (χ1n) is 11.0. The van der Waals surface area contributed by atoms with Crippen LogP contribution >= 0.6 is 11.6 Å². The molecule has 1 aromatic carbocycles. The van der Waals surface area contributed by atoms with Crippen LogP contribution in [0.25, 0.3) is 33.5 Å². The van der Waals surface area contributed by atoms with Crippen molar-refractivity contribution in [2.45, 2.75) is 50.4 Å². The van der Waals surface area contributed by atoms with Gasteiger partial charge >= 0.3 is 0 Å². The van der Waals surface area contributed by atoms with Crippen molar-refractivity contribution >= 4 is 39.6 Å². The zero-order valence-corrected chi connectivity index (χ0v) is 18.7. The van der Waals surface area contributed by atoms with Crippen molar-refractivity contribution in [2.75, 3.05) is 12.0 Å². The number of aromatic nitrogens is 6. The number of aliphatic hydroxyl groups is 1. The predicted octanol–water partition coefficient (Wildman–Crippen LogP) is 2.58. The van der Waals surface area contributed by atoms with Gasteiger partial charge in [-0.2, -0.15) is 5.10 Å². The molecule has 2 unspecified atom stereocenters. The highest BCUT2D eigenvalue weighted by Gasteiger charge is 2.41. The Hall–Kier alpha value is -3.08. The number of rotatable bonds is 4. The van der Waals surface area contributed by atoms with E-state index in [0.717, 1.165) is 25.7 Å². The van der Waals surface area contributed by atoms with E-state index < -0.39 is 0 Å². The summed E-state index contributed by atoms with van der Waals surface area (Å²) < 4.78 is 5.19. The molecule has 5 heterocycles. The molecule has 0 aliphatic carbocycles. The molecule has 2 atom stereocenters. The summed E-state index contributed by atoms with van der Waals surface area (Å²) in [5, 5.41) is 18.0. The maximum Gasteiger partial charge on any atom is 0.232 e. The largest absolute Gasteiger partial charge is 0.480 e. The van der Waals surface area contributed by atoms with Crippen LogP contribution in [-0.2, 0) is 6.61 Å². The van der Waals surface area contributed by atoms with Gasteiger partial charge in [0.2, 0.25) is 11.5 Å². The number of hydrogen-bond donors (Lipinski definition) is 3. The highest BCUT2D eigenvalue weighted by atomic mass is 35.5. The van der Waals surface area contributed by atoms with Crippen molar-refractivity contribution in [3.63, 3.8) is 0 Å². The van der Waals surface area contributed by atoms with Crippen LogP contribution in [0.4, 0.5) is 5.82 Å². The van der Waals surface area contributed by atoms with Crippen LogP contribution in [-0.4, -0.2) is 60.5 Å². The predicted molar refractivity (Wildman–Crippen MR) is 124 cm³/mol. The number of nitrogens with two attached hydrogens (primary N) is 1. The maximum atomic E-state index is 10.2. The molecule has 33 heavy (non-hydrogen) atoms. The zero-order valence-electron chi connectivity index (χ0n) is 18.0. The summed E-state index contributed by atoms with van der Waals surface area (Å²) >= 11 is 6.73. The average Bonchev–Trinajstić information content (AvgIpc) is 3.35. The number of benzene rings is 1. The maximum absolute atomic E-state index is 10.2. The van der Waals surface area contributed by atoms with Crippen molar-refractivity contribution < 1.29 is 9.84 Å². The molecule has 4 N–H and O–H groups in total. The van der Waals surface area contributed by atoms with Gasteiger partial charge in [-0.25, -0.2) is 19.9 Å². The fraction of sp³-hybridized carbons (Fsp3) is 0.409. The molecular formula is C22H23ClN8O2. The molecule has 0 amide bonds. The topological polar surface area (TPSA) is 139 Å². The molecule has 2 aliphatic heterocycles. The normalized spacial score (nSPS) is 22.4. The van der Waals surface area contributed by atoms with Gasteiger partial charge in [-0.3, -0.25) is 5.10 Å². The van der Waals surface area contributed by atoms with Crippen LogP contribution in [0.15, 0.2) is 18.3 Å². The van der Waals surface area contributed by atoms with Gasteiger partial charge in [-0.05, 0) is 37.8 Å². The first kappa shape index (κ1) is 20.5. The number of fused-ring (bicyclic) bond motifs is 4. The molecule has 170 valence electrons.